The molecule has 29 heavy (non-hydrogen) atoms. The fourth-order valence-corrected chi connectivity index (χ4v) is 5.73. The Labute approximate surface area is 182 Å². The molecule has 8 heteroatoms. The Morgan fingerprint density at radius 2 is 1.79 bits per heavy atom. The molecule has 156 valence electrons. The molecule has 1 N–H and O–H groups in total. The van der Waals surface area contributed by atoms with Gasteiger partial charge < -0.3 is 5.32 Å². The van der Waals surface area contributed by atoms with E-state index in [1.807, 2.05) is 26.0 Å². The molecule has 2 aromatic rings. The minimum absolute atomic E-state index is 0.0837. The summed E-state index contributed by atoms with van der Waals surface area (Å²) in [7, 11) is -3.55. The van der Waals surface area contributed by atoms with E-state index in [-0.39, 0.29) is 11.8 Å². The number of hydrogen-bond donors (Lipinski definition) is 1. The number of nitrogens with one attached hydrogen (secondary N) is 1. The summed E-state index contributed by atoms with van der Waals surface area (Å²) in [6, 6.07) is 10.5. The Morgan fingerprint density at radius 1 is 1.10 bits per heavy atom. The zero-order valence-corrected chi connectivity index (χ0v) is 18.7. The van der Waals surface area contributed by atoms with Gasteiger partial charge in [0.25, 0.3) is 0 Å². The Morgan fingerprint density at radius 3 is 2.41 bits per heavy atom. The molecule has 1 heterocycles. The molecular weight excluding hydrogens is 431 g/mol. The highest BCUT2D eigenvalue weighted by molar-refractivity contribution is 7.89. The highest BCUT2D eigenvalue weighted by Gasteiger charge is 2.32. The average molecular weight is 455 g/mol. The van der Waals surface area contributed by atoms with Gasteiger partial charge in [0.1, 0.15) is 0 Å². The van der Waals surface area contributed by atoms with Crippen LogP contribution in [0.25, 0.3) is 0 Å². The summed E-state index contributed by atoms with van der Waals surface area (Å²) in [5, 5.41) is 3.95. The fourth-order valence-electron chi connectivity index (χ4n) is 3.58. The second kappa shape index (κ2) is 9.04. The fraction of sp³-hybridized carbons (Fsp3) is 0.381. The van der Waals surface area contributed by atoms with Crippen LogP contribution >= 0.6 is 23.2 Å². The van der Waals surface area contributed by atoms with Crippen molar-refractivity contribution < 1.29 is 13.2 Å². The summed E-state index contributed by atoms with van der Waals surface area (Å²) in [6.45, 7) is 4.72. The number of carbonyl (C=O) groups excluding carboxylic acids is 1. The molecule has 0 radical (unpaired) electrons. The largest absolute Gasteiger partial charge is 0.352 e. The second-order valence-corrected chi connectivity index (χ2v) is 10.2. The maximum atomic E-state index is 13.0. The lowest BCUT2D eigenvalue weighted by Gasteiger charge is -2.31. The molecule has 1 fully saturated rings. The van der Waals surface area contributed by atoms with Crippen LogP contribution in [0.4, 0.5) is 0 Å². The van der Waals surface area contributed by atoms with Crippen molar-refractivity contribution in [2.75, 3.05) is 13.1 Å². The third-order valence-corrected chi connectivity index (χ3v) is 7.89. The number of sulfonamides is 1. The number of carbonyl (C=O) groups is 1. The number of nitrogens with zero attached hydrogens (tertiary/aromatic N) is 1. The monoisotopic (exact) mass is 454 g/mol. The summed E-state index contributed by atoms with van der Waals surface area (Å²) < 4.78 is 27.4. The van der Waals surface area contributed by atoms with E-state index in [9.17, 15) is 13.2 Å². The van der Waals surface area contributed by atoms with E-state index in [1.165, 1.54) is 4.31 Å². The second-order valence-electron chi connectivity index (χ2n) is 7.40. The van der Waals surface area contributed by atoms with Crippen molar-refractivity contribution in [3.05, 3.63) is 63.1 Å². The van der Waals surface area contributed by atoms with E-state index >= 15 is 0 Å². The molecule has 0 aromatic heterocycles. The van der Waals surface area contributed by atoms with Crippen molar-refractivity contribution in [2.45, 2.75) is 38.1 Å². The maximum absolute atomic E-state index is 13.0. The van der Waals surface area contributed by atoms with Crippen molar-refractivity contribution in [3.8, 4) is 0 Å². The molecule has 0 spiro atoms. The SMILES string of the molecule is Cc1ccc(S(=O)(=O)N2CCC(C(=O)NCc3ccc(Cl)cc3Cl)CC2)c(C)c1. The number of piperidine rings is 1. The van der Waals surface area contributed by atoms with E-state index in [2.05, 4.69) is 5.32 Å². The van der Waals surface area contributed by atoms with Gasteiger partial charge in [-0.05, 0) is 56.0 Å². The summed E-state index contributed by atoms with van der Waals surface area (Å²) in [5.41, 5.74) is 2.56. The average Bonchev–Trinajstić information content (AvgIpc) is 2.67. The van der Waals surface area contributed by atoms with Gasteiger partial charge >= 0.3 is 0 Å². The van der Waals surface area contributed by atoms with E-state index in [1.54, 1.807) is 24.3 Å². The molecule has 2 aromatic carbocycles. The molecule has 5 nitrogen and oxygen atoms in total. The van der Waals surface area contributed by atoms with Crippen molar-refractivity contribution in [2.24, 2.45) is 5.92 Å². The topological polar surface area (TPSA) is 66.5 Å². The van der Waals surface area contributed by atoms with Gasteiger partial charge in [0.15, 0.2) is 0 Å². The third kappa shape index (κ3) is 5.12. The first kappa shape index (κ1) is 22.1. The number of aryl methyl sites for hydroxylation is 2. The first-order chi connectivity index (χ1) is 13.7. The van der Waals surface area contributed by atoms with Gasteiger partial charge in [-0.3, -0.25) is 4.79 Å². The van der Waals surface area contributed by atoms with Crippen molar-refractivity contribution in [3.63, 3.8) is 0 Å². The van der Waals surface area contributed by atoms with Gasteiger partial charge in [0, 0.05) is 35.6 Å². The number of halogens is 2. The zero-order valence-electron chi connectivity index (χ0n) is 16.4. The minimum atomic E-state index is -3.55. The Balaban J connectivity index is 1.58. The van der Waals surface area contributed by atoms with Crippen molar-refractivity contribution >= 4 is 39.1 Å². The third-order valence-electron chi connectivity index (χ3n) is 5.24. The van der Waals surface area contributed by atoms with Gasteiger partial charge in [-0.25, -0.2) is 8.42 Å². The van der Waals surface area contributed by atoms with Crippen LogP contribution in [-0.4, -0.2) is 31.7 Å². The Kier molecular flexibility index (Phi) is 6.89. The van der Waals surface area contributed by atoms with Gasteiger partial charge in [-0.1, -0.05) is 47.0 Å². The molecule has 1 amide bonds. The summed E-state index contributed by atoms with van der Waals surface area (Å²) in [4.78, 5) is 12.9. The van der Waals surface area contributed by atoms with Crippen LogP contribution < -0.4 is 5.32 Å². The normalized spacial score (nSPS) is 16.0. The molecule has 0 atom stereocenters. The van der Waals surface area contributed by atoms with E-state index in [4.69, 9.17) is 23.2 Å². The summed E-state index contributed by atoms with van der Waals surface area (Å²) in [6.07, 6.45) is 0.981. The highest BCUT2D eigenvalue weighted by Crippen LogP contribution is 2.27. The zero-order chi connectivity index (χ0) is 21.2. The first-order valence-electron chi connectivity index (χ1n) is 9.47. The van der Waals surface area contributed by atoms with Crippen LogP contribution in [-0.2, 0) is 21.4 Å². The molecule has 0 saturated carbocycles. The minimum Gasteiger partial charge on any atom is -0.352 e. The molecule has 3 rings (SSSR count). The number of hydrogen-bond acceptors (Lipinski definition) is 3. The molecule has 0 unspecified atom stereocenters. The lowest BCUT2D eigenvalue weighted by atomic mass is 9.97. The summed E-state index contributed by atoms with van der Waals surface area (Å²) in [5.74, 6) is -0.300. The van der Waals surface area contributed by atoms with Crippen LogP contribution in [0.5, 0.6) is 0 Å². The highest BCUT2D eigenvalue weighted by atomic mass is 35.5. The lowest BCUT2D eigenvalue weighted by Crippen LogP contribution is -2.43. The van der Waals surface area contributed by atoms with Crippen LogP contribution in [0.1, 0.15) is 29.5 Å². The predicted molar refractivity (Wildman–Crippen MR) is 116 cm³/mol. The van der Waals surface area contributed by atoms with Crippen LogP contribution in [0.3, 0.4) is 0 Å². The lowest BCUT2D eigenvalue weighted by molar-refractivity contribution is -0.126. The van der Waals surface area contributed by atoms with E-state index < -0.39 is 10.0 Å². The first-order valence-corrected chi connectivity index (χ1v) is 11.7. The standard InChI is InChI=1S/C21H24Cl2N2O3S/c1-14-3-6-20(15(2)11-14)29(27,28)25-9-7-16(8-10-25)21(26)24-13-17-4-5-18(22)12-19(17)23/h3-6,11-12,16H,7-10,13H2,1-2H3,(H,24,26). The van der Waals surface area contributed by atoms with Crippen LogP contribution in [0, 0.1) is 19.8 Å². The van der Waals surface area contributed by atoms with E-state index in [0.717, 1.165) is 16.7 Å². The molecule has 0 aliphatic carbocycles. The quantitative estimate of drug-likeness (QED) is 0.730. The molecule has 1 aliphatic rings. The molecule has 0 bridgehead atoms. The number of rotatable bonds is 5. The van der Waals surface area contributed by atoms with Gasteiger partial charge in [0.05, 0.1) is 4.90 Å². The van der Waals surface area contributed by atoms with Gasteiger partial charge in [-0.2, -0.15) is 4.31 Å². The van der Waals surface area contributed by atoms with Crippen LogP contribution in [0.15, 0.2) is 41.3 Å². The van der Waals surface area contributed by atoms with Crippen molar-refractivity contribution in [1.29, 1.82) is 0 Å². The number of amides is 1. The summed E-state index contributed by atoms with van der Waals surface area (Å²) >= 11 is 12.0. The molecular formula is C21H24Cl2N2O3S. The van der Waals surface area contributed by atoms with Gasteiger partial charge in [0.2, 0.25) is 15.9 Å². The molecule has 1 saturated heterocycles. The van der Waals surface area contributed by atoms with Crippen LogP contribution in [0.2, 0.25) is 10.0 Å². The van der Waals surface area contributed by atoms with Crippen molar-refractivity contribution in [1.82, 2.24) is 9.62 Å². The Hall–Kier alpha value is -1.60. The smallest absolute Gasteiger partial charge is 0.243 e. The molecule has 1 aliphatic heterocycles. The Bertz CT molecular complexity index is 1020. The predicted octanol–water partition coefficient (Wildman–Crippen LogP) is 4.33. The maximum Gasteiger partial charge on any atom is 0.243 e. The van der Waals surface area contributed by atoms with Gasteiger partial charge in [-0.15, -0.1) is 0 Å². The van der Waals surface area contributed by atoms with E-state index in [0.29, 0.717) is 47.4 Å². The number of benzene rings is 2.